The Morgan fingerprint density at radius 3 is 2.66 bits per heavy atom. The highest BCUT2D eigenvalue weighted by atomic mass is 16.5. The fraction of sp³-hybridized carbons (Fsp3) is 0.522. The molecule has 0 aliphatic carbocycles. The van der Waals surface area contributed by atoms with Crippen LogP contribution in [0.15, 0.2) is 42.6 Å². The number of aromatic nitrogens is 1. The summed E-state index contributed by atoms with van der Waals surface area (Å²) in [5.41, 5.74) is 2.43. The van der Waals surface area contributed by atoms with Gasteiger partial charge in [0.25, 0.3) is 0 Å². The standard InChI is InChI=1S/C23H33N3O3/c1-17(2)26(23(27)16-28-3)13-18-12-25(14-19-8-7-11-24-19)15-21(18)20-9-5-6-10-22(20)29-4/h5-11,17-18,21,24H,12-16H2,1-4H3/t18-,21+/m0/s1. The lowest BCUT2D eigenvalue weighted by atomic mass is 9.87. The molecule has 1 N–H and O–H groups in total. The van der Waals surface area contributed by atoms with Gasteiger partial charge in [-0.3, -0.25) is 9.69 Å². The first-order valence-corrected chi connectivity index (χ1v) is 10.3. The number of nitrogens with one attached hydrogen (secondary N) is 1. The molecule has 3 rings (SSSR count). The molecule has 2 heterocycles. The van der Waals surface area contributed by atoms with E-state index in [9.17, 15) is 4.79 Å². The third-order valence-electron chi connectivity index (χ3n) is 5.75. The molecule has 1 aromatic carbocycles. The topological polar surface area (TPSA) is 57.8 Å². The molecule has 0 bridgehead atoms. The Balaban J connectivity index is 1.84. The van der Waals surface area contributed by atoms with Gasteiger partial charge in [0.1, 0.15) is 12.4 Å². The molecule has 0 radical (unpaired) electrons. The van der Waals surface area contributed by atoms with Gasteiger partial charge < -0.3 is 19.4 Å². The van der Waals surface area contributed by atoms with Crippen LogP contribution in [0.2, 0.25) is 0 Å². The fourth-order valence-electron chi connectivity index (χ4n) is 4.37. The van der Waals surface area contributed by atoms with Crippen LogP contribution in [0.1, 0.15) is 31.0 Å². The first-order chi connectivity index (χ1) is 14.0. The summed E-state index contributed by atoms with van der Waals surface area (Å²) in [6, 6.07) is 12.5. The summed E-state index contributed by atoms with van der Waals surface area (Å²) in [5, 5.41) is 0. The van der Waals surface area contributed by atoms with Crippen LogP contribution in [0.3, 0.4) is 0 Å². The minimum atomic E-state index is 0.0455. The monoisotopic (exact) mass is 399 g/mol. The lowest BCUT2D eigenvalue weighted by molar-refractivity contribution is -0.137. The Kier molecular flexibility index (Phi) is 7.34. The number of carbonyl (C=O) groups excluding carboxylic acids is 1. The number of aromatic amines is 1. The molecule has 158 valence electrons. The largest absolute Gasteiger partial charge is 0.496 e. The number of amides is 1. The second kappa shape index (κ2) is 9.94. The second-order valence-corrected chi connectivity index (χ2v) is 8.07. The summed E-state index contributed by atoms with van der Waals surface area (Å²) in [6.45, 7) is 7.72. The van der Waals surface area contributed by atoms with E-state index in [0.29, 0.717) is 18.4 Å². The Labute approximate surface area is 173 Å². The van der Waals surface area contributed by atoms with E-state index in [-0.39, 0.29) is 18.6 Å². The predicted molar refractivity (Wildman–Crippen MR) is 114 cm³/mol. The lowest BCUT2D eigenvalue weighted by Crippen LogP contribution is -2.43. The van der Waals surface area contributed by atoms with Crippen molar-refractivity contribution in [2.45, 2.75) is 32.4 Å². The number of methoxy groups -OCH3 is 2. The molecule has 0 saturated carbocycles. The van der Waals surface area contributed by atoms with Crippen molar-refractivity contribution in [1.82, 2.24) is 14.8 Å². The molecule has 6 heteroatoms. The fourth-order valence-corrected chi connectivity index (χ4v) is 4.37. The number of para-hydroxylation sites is 1. The maximum atomic E-state index is 12.6. The lowest BCUT2D eigenvalue weighted by Gasteiger charge is -2.31. The quantitative estimate of drug-likeness (QED) is 0.704. The van der Waals surface area contributed by atoms with Gasteiger partial charge in [-0.1, -0.05) is 18.2 Å². The molecule has 2 aromatic rings. The molecule has 29 heavy (non-hydrogen) atoms. The van der Waals surface area contributed by atoms with Gasteiger partial charge in [0.05, 0.1) is 7.11 Å². The number of hydrogen-bond donors (Lipinski definition) is 1. The summed E-state index contributed by atoms with van der Waals surface area (Å²) in [6.07, 6.45) is 1.96. The molecule has 1 aliphatic rings. The molecule has 1 aliphatic heterocycles. The Hall–Kier alpha value is -2.31. The SMILES string of the molecule is COCC(=O)N(C[C@@H]1CN(Cc2ccc[nH]2)C[C@H]1c1ccccc1OC)C(C)C. The van der Waals surface area contributed by atoms with E-state index in [0.717, 1.165) is 25.4 Å². The van der Waals surface area contributed by atoms with Crippen molar-refractivity contribution in [2.75, 3.05) is 40.5 Å². The highest BCUT2D eigenvalue weighted by Crippen LogP contribution is 2.38. The molecular weight excluding hydrogens is 366 g/mol. The first kappa shape index (κ1) is 21.4. The summed E-state index contributed by atoms with van der Waals surface area (Å²) in [7, 11) is 3.30. The Morgan fingerprint density at radius 2 is 2.00 bits per heavy atom. The minimum absolute atomic E-state index is 0.0455. The zero-order chi connectivity index (χ0) is 20.8. The minimum Gasteiger partial charge on any atom is -0.496 e. The molecule has 1 aromatic heterocycles. The average molecular weight is 400 g/mol. The average Bonchev–Trinajstić information content (AvgIpc) is 3.36. The van der Waals surface area contributed by atoms with Crippen LogP contribution in [-0.2, 0) is 16.1 Å². The molecular formula is C23H33N3O3. The molecule has 0 unspecified atom stereocenters. The predicted octanol–water partition coefficient (Wildman–Crippen LogP) is 3.12. The van der Waals surface area contributed by atoms with Crippen molar-refractivity contribution in [2.24, 2.45) is 5.92 Å². The van der Waals surface area contributed by atoms with Crippen molar-refractivity contribution in [3.63, 3.8) is 0 Å². The van der Waals surface area contributed by atoms with Crippen LogP contribution in [0.4, 0.5) is 0 Å². The number of hydrogen-bond acceptors (Lipinski definition) is 4. The number of benzene rings is 1. The zero-order valence-electron chi connectivity index (χ0n) is 17.9. The van der Waals surface area contributed by atoms with Crippen LogP contribution in [-0.4, -0.2) is 67.2 Å². The normalized spacial score (nSPS) is 19.6. The van der Waals surface area contributed by atoms with Gasteiger partial charge in [-0.15, -0.1) is 0 Å². The summed E-state index contributed by atoms with van der Waals surface area (Å²) in [5.74, 6) is 1.59. The Bertz CT molecular complexity index is 775. The van der Waals surface area contributed by atoms with Crippen LogP contribution in [0.5, 0.6) is 5.75 Å². The van der Waals surface area contributed by atoms with E-state index < -0.39 is 0 Å². The van der Waals surface area contributed by atoms with Gasteiger partial charge in [0, 0.05) is 57.1 Å². The van der Waals surface area contributed by atoms with Crippen molar-refractivity contribution in [1.29, 1.82) is 0 Å². The highest BCUT2D eigenvalue weighted by Gasteiger charge is 2.37. The van der Waals surface area contributed by atoms with Crippen LogP contribution >= 0.6 is 0 Å². The van der Waals surface area contributed by atoms with Gasteiger partial charge in [-0.2, -0.15) is 0 Å². The van der Waals surface area contributed by atoms with Crippen LogP contribution in [0.25, 0.3) is 0 Å². The van der Waals surface area contributed by atoms with Crippen LogP contribution < -0.4 is 4.74 Å². The van der Waals surface area contributed by atoms with E-state index in [1.807, 2.05) is 29.3 Å². The van der Waals surface area contributed by atoms with Crippen molar-refractivity contribution < 1.29 is 14.3 Å². The third kappa shape index (κ3) is 5.19. The van der Waals surface area contributed by atoms with Gasteiger partial charge in [0.15, 0.2) is 0 Å². The summed E-state index contributed by atoms with van der Waals surface area (Å²) in [4.78, 5) is 20.4. The smallest absolute Gasteiger partial charge is 0.248 e. The maximum absolute atomic E-state index is 12.6. The van der Waals surface area contributed by atoms with Crippen LogP contribution in [0, 0.1) is 5.92 Å². The highest BCUT2D eigenvalue weighted by molar-refractivity contribution is 5.77. The van der Waals surface area contributed by atoms with E-state index >= 15 is 0 Å². The van der Waals surface area contributed by atoms with E-state index in [2.05, 4.69) is 41.9 Å². The van der Waals surface area contributed by atoms with Gasteiger partial charge >= 0.3 is 0 Å². The molecule has 2 atom stereocenters. The van der Waals surface area contributed by atoms with E-state index in [1.165, 1.54) is 11.3 Å². The first-order valence-electron chi connectivity index (χ1n) is 10.3. The third-order valence-corrected chi connectivity index (χ3v) is 5.75. The summed E-state index contributed by atoms with van der Waals surface area (Å²) < 4.78 is 10.8. The molecule has 1 amide bonds. The maximum Gasteiger partial charge on any atom is 0.248 e. The van der Waals surface area contributed by atoms with Gasteiger partial charge in [-0.25, -0.2) is 0 Å². The molecule has 6 nitrogen and oxygen atoms in total. The number of nitrogens with zero attached hydrogens (tertiary/aromatic N) is 2. The second-order valence-electron chi connectivity index (χ2n) is 8.07. The number of carbonyl (C=O) groups is 1. The van der Waals surface area contributed by atoms with Gasteiger partial charge in [-0.05, 0) is 43.5 Å². The van der Waals surface area contributed by atoms with Crippen molar-refractivity contribution in [3.05, 3.63) is 53.9 Å². The van der Waals surface area contributed by atoms with Gasteiger partial charge in [0.2, 0.25) is 5.91 Å². The number of H-pyrrole nitrogens is 1. The summed E-state index contributed by atoms with van der Waals surface area (Å²) >= 11 is 0. The van der Waals surface area contributed by atoms with E-state index in [1.54, 1.807) is 14.2 Å². The van der Waals surface area contributed by atoms with Crippen molar-refractivity contribution in [3.8, 4) is 5.75 Å². The number of likely N-dealkylation sites (tertiary alicyclic amines) is 1. The molecule has 0 spiro atoms. The molecule has 1 saturated heterocycles. The van der Waals surface area contributed by atoms with E-state index in [4.69, 9.17) is 9.47 Å². The molecule has 1 fully saturated rings. The number of rotatable bonds is 9. The van der Waals surface area contributed by atoms with Crippen molar-refractivity contribution >= 4 is 5.91 Å². The zero-order valence-corrected chi connectivity index (χ0v) is 17.9. The number of ether oxygens (including phenoxy) is 2. The Morgan fingerprint density at radius 1 is 1.21 bits per heavy atom.